The Morgan fingerprint density at radius 2 is 1.75 bits per heavy atom. The molecule has 1 heterocycles. The molecule has 0 aliphatic heterocycles. The third-order valence-electron chi connectivity index (χ3n) is 0.749. The van der Waals surface area contributed by atoms with Crippen molar-refractivity contribution in [3.05, 3.63) is 37.0 Å². The van der Waals surface area contributed by atoms with Crippen LogP contribution in [0.3, 0.4) is 0 Å². The van der Waals surface area contributed by atoms with Gasteiger partial charge in [-0.25, -0.2) is 0 Å². The summed E-state index contributed by atoms with van der Waals surface area (Å²) < 4.78 is 0. The van der Waals surface area contributed by atoms with Crippen LogP contribution < -0.4 is 29.6 Å². The maximum Gasteiger partial charge on any atom is 1.00 e. The molecule has 0 saturated carbocycles. The predicted octanol–water partition coefficient (Wildman–Crippen LogP) is -1.73. The van der Waals surface area contributed by atoms with E-state index in [0.717, 1.165) is 5.56 Å². The first kappa shape index (κ1) is 8.02. The van der Waals surface area contributed by atoms with Crippen LogP contribution in [0.2, 0.25) is 0 Å². The predicted molar refractivity (Wildman–Crippen MR) is 28.7 cm³/mol. The fraction of sp³-hybridized carbons (Fsp3) is 0. The summed E-state index contributed by atoms with van der Waals surface area (Å²) in [6.07, 6.45) is 3.45. The summed E-state index contributed by atoms with van der Waals surface area (Å²) in [4.78, 5) is 3.81. The van der Waals surface area contributed by atoms with E-state index in [1.54, 1.807) is 12.4 Å². The van der Waals surface area contributed by atoms with Crippen molar-refractivity contribution in [2.45, 2.75) is 0 Å². The Balaban J connectivity index is 0.000000490. The molecule has 0 unspecified atom stereocenters. The van der Waals surface area contributed by atoms with E-state index in [-0.39, 0.29) is 29.6 Å². The molecular weight excluding hydrogens is 109 g/mol. The molecule has 2 heteroatoms. The standard InChI is InChI=1S/C6H6N.Na/c1-6-2-4-7-5-3-6;/h2-5H,1H2;/q-1;+1. The molecule has 1 aromatic rings. The summed E-state index contributed by atoms with van der Waals surface area (Å²) >= 11 is 0. The van der Waals surface area contributed by atoms with Gasteiger partial charge >= 0.3 is 29.6 Å². The molecular formula is C6H6NNa. The van der Waals surface area contributed by atoms with Gasteiger partial charge in [-0.15, -0.1) is 12.1 Å². The van der Waals surface area contributed by atoms with Crippen molar-refractivity contribution in [3.63, 3.8) is 0 Å². The van der Waals surface area contributed by atoms with Crippen LogP contribution in [0, 0.1) is 6.92 Å². The molecule has 1 nitrogen and oxygen atoms in total. The number of aromatic nitrogens is 1. The summed E-state index contributed by atoms with van der Waals surface area (Å²) in [7, 11) is 0. The van der Waals surface area contributed by atoms with Gasteiger partial charge in [-0.1, -0.05) is 0 Å². The minimum absolute atomic E-state index is 0. The van der Waals surface area contributed by atoms with Crippen LogP contribution in [0.5, 0.6) is 0 Å². The second-order valence-corrected chi connectivity index (χ2v) is 1.36. The van der Waals surface area contributed by atoms with Gasteiger partial charge in [0.05, 0.1) is 0 Å². The quantitative estimate of drug-likeness (QED) is 0.289. The summed E-state index contributed by atoms with van der Waals surface area (Å²) in [5.74, 6) is 0. The maximum absolute atomic E-state index is 3.81. The number of hydrogen-bond acceptors (Lipinski definition) is 1. The average Bonchev–Trinajstić information content (AvgIpc) is 1.69. The van der Waals surface area contributed by atoms with E-state index >= 15 is 0 Å². The number of rotatable bonds is 0. The third-order valence-corrected chi connectivity index (χ3v) is 0.749. The van der Waals surface area contributed by atoms with E-state index in [4.69, 9.17) is 0 Å². The first-order chi connectivity index (χ1) is 3.39. The van der Waals surface area contributed by atoms with Crippen LogP contribution >= 0.6 is 0 Å². The molecule has 0 aromatic carbocycles. The van der Waals surface area contributed by atoms with Gasteiger partial charge in [-0.2, -0.15) is 12.5 Å². The van der Waals surface area contributed by atoms with Crippen LogP contribution in [0.4, 0.5) is 0 Å². The first-order valence-corrected chi connectivity index (χ1v) is 2.11. The summed E-state index contributed by atoms with van der Waals surface area (Å²) in [5.41, 5.74) is 1.01. The van der Waals surface area contributed by atoms with Gasteiger partial charge in [-0.3, -0.25) is 4.98 Å². The Morgan fingerprint density at radius 1 is 1.25 bits per heavy atom. The molecule has 0 bridgehead atoms. The molecule has 0 aliphatic carbocycles. The minimum atomic E-state index is 0. The topological polar surface area (TPSA) is 12.9 Å². The van der Waals surface area contributed by atoms with Crippen molar-refractivity contribution in [3.8, 4) is 0 Å². The molecule has 0 radical (unpaired) electrons. The van der Waals surface area contributed by atoms with E-state index in [1.165, 1.54) is 0 Å². The molecule has 36 valence electrons. The smallest absolute Gasteiger partial charge is 0.291 e. The number of nitrogens with zero attached hydrogens (tertiary/aromatic N) is 1. The van der Waals surface area contributed by atoms with Gasteiger partial charge < -0.3 is 0 Å². The van der Waals surface area contributed by atoms with Crippen molar-refractivity contribution >= 4 is 0 Å². The molecule has 0 N–H and O–H groups in total. The molecule has 0 spiro atoms. The van der Waals surface area contributed by atoms with E-state index in [0.29, 0.717) is 0 Å². The second-order valence-electron chi connectivity index (χ2n) is 1.36. The van der Waals surface area contributed by atoms with Gasteiger partial charge in [0.2, 0.25) is 0 Å². The SMILES string of the molecule is [CH2-]c1ccncc1.[Na+]. The molecule has 1 rings (SSSR count). The van der Waals surface area contributed by atoms with Crippen molar-refractivity contribution in [1.82, 2.24) is 4.98 Å². The molecule has 0 amide bonds. The van der Waals surface area contributed by atoms with E-state index in [2.05, 4.69) is 11.9 Å². The Kier molecular flexibility index (Phi) is 3.97. The van der Waals surface area contributed by atoms with Crippen molar-refractivity contribution < 1.29 is 29.6 Å². The Labute approximate surface area is 71.4 Å². The molecule has 0 fully saturated rings. The molecule has 0 saturated heterocycles. The Morgan fingerprint density at radius 3 is 2.00 bits per heavy atom. The molecule has 8 heavy (non-hydrogen) atoms. The van der Waals surface area contributed by atoms with Gasteiger partial charge in [0.25, 0.3) is 0 Å². The zero-order chi connectivity index (χ0) is 5.11. The maximum atomic E-state index is 3.81. The minimum Gasteiger partial charge on any atom is -0.291 e. The summed E-state index contributed by atoms with van der Waals surface area (Å²) in [5, 5.41) is 0. The third kappa shape index (κ3) is 2.36. The number of pyridine rings is 1. The monoisotopic (exact) mass is 115 g/mol. The Hall–Kier alpha value is 0.0200. The van der Waals surface area contributed by atoms with E-state index < -0.39 is 0 Å². The second kappa shape index (κ2) is 3.96. The van der Waals surface area contributed by atoms with Gasteiger partial charge in [0.15, 0.2) is 0 Å². The van der Waals surface area contributed by atoms with Crippen molar-refractivity contribution in [1.29, 1.82) is 0 Å². The fourth-order valence-electron chi connectivity index (χ4n) is 0.383. The average molecular weight is 115 g/mol. The summed E-state index contributed by atoms with van der Waals surface area (Å²) in [6, 6.07) is 3.72. The Bertz CT molecular complexity index is 138. The van der Waals surface area contributed by atoms with Gasteiger partial charge in [0, 0.05) is 0 Å². The largest absolute Gasteiger partial charge is 1.00 e. The zero-order valence-electron chi connectivity index (χ0n) is 4.96. The molecule has 1 aromatic heterocycles. The van der Waals surface area contributed by atoms with Crippen LogP contribution in [0.25, 0.3) is 0 Å². The molecule has 0 aliphatic rings. The normalized spacial score (nSPS) is 7.50. The van der Waals surface area contributed by atoms with Gasteiger partial charge in [-0.05, 0) is 12.4 Å². The number of hydrogen-bond donors (Lipinski definition) is 0. The van der Waals surface area contributed by atoms with Crippen molar-refractivity contribution in [2.24, 2.45) is 0 Å². The molecule has 0 atom stereocenters. The van der Waals surface area contributed by atoms with Crippen LogP contribution in [-0.2, 0) is 0 Å². The van der Waals surface area contributed by atoms with Crippen LogP contribution in [0.1, 0.15) is 5.56 Å². The van der Waals surface area contributed by atoms with E-state index in [9.17, 15) is 0 Å². The van der Waals surface area contributed by atoms with Crippen LogP contribution in [-0.4, -0.2) is 4.98 Å². The van der Waals surface area contributed by atoms with Gasteiger partial charge in [0.1, 0.15) is 0 Å². The first-order valence-electron chi connectivity index (χ1n) is 2.11. The fourth-order valence-corrected chi connectivity index (χ4v) is 0.383. The van der Waals surface area contributed by atoms with Crippen LogP contribution in [0.15, 0.2) is 24.5 Å². The summed E-state index contributed by atoms with van der Waals surface area (Å²) in [6.45, 7) is 3.68. The zero-order valence-corrected chi connectivity index (χ0v) is 6.96. The van der Waals surface area contributed by atoms with Crippen molar-refractivity contribution in [2.75, 3.05) is 0 Å². The van der Waals surface area contributed by atoms with E-state index in [1.807, 2.05) is 12.1 Å².